The lowest BCUT2D eigenvalue weighted by Gasteiger charge is -2.16. The smallest absolute Gasteiger partial charge is 0.192 e. The second-order valence-electron chi connectivity index (χ2n) is 8.78. The van der Waals surface area contributed by atoms with Crippen LogP contribution in [0.4, 0.5) is 4.39 Å². The Balaban J connectivity index is 1.64. The SMILES string of the molecule is Cc1cc2nc(-c3cccs3)cc(-c3nnc(SCc4cc(F)ccc4Br)n3C(C)C)c2cc1C. The fourth-order valence-corrected chi connectivity index (χ4v) is 6.36. The second-order valence-corrected chi connectivity index (χ2v) is 11.5. The zero-order valence-corrected chi connectivity index (χ0v) is 23.1. The third-order valence-corrected chi connectivity index (χ3v) is 8.64. The molecule has 4 nitrogen and oxygen atoms in total. The minimum Gasteiger partial charge on any atom is -0.299 e. The first-order valence-corrected chi connectivity index (χ1v) is 14.0. The number of thiophene rings is 1. The Kier molecular flexibility index (Phi) is 6.79. The highest BCUT2D eigenvalue weighted by atomic mass is 79.9. The molecule has 0 spiro atoms. The van der Waals surface area contributed by atoms with Crippen molar-refractivity contribution in [2.45, 2.75) is 44.6 Å². The number of aromatic nitrogens is 4. The van der Waals surface area contributed by atoms with Crippen molar-refractivity contribution in [1.29, 1.82) is 0 Å². The van der Waals surface area contributed by atoms with E-state index in [1.54, 1.807) is 35.2 Å². The fraction of sp³-hybridized carbons (Fsp3) is 0.222. The molecule has 0 radical (unpaired) electrons. The summed E-state index contributed by atoms with van der Waals surface area (Å²) in [5.74, 6) is 1.15. The normalized spacial score (nSPS) is 11.6. The highest BCUT2D eigenvalue weighted by Gasteiger charge is 2.21. The van der Waals surface area contributed by atoms with Gasteiger partial charge >= 0.3 is 0 Å². The molecule has 0 aliphatic carbocycles. The third-order valence-electron chi connectivity index (χ3n) is 5.98. The maximum atomic E-state index is 13.8. The molecule has 2 aromatic carbocycles. The first-order chi connectivity index (χ1) is 16.8. The van der Waals surface area contributed by atoms with Crippen LogP contribution in [0.3, 0.4) is 0 Å². The Morgan fingerprint density at radius 2 is 1.86 bits per heavy atom. The lowest BCUT2D eigenvalue weighted by molar-refractivity contribution is 0.555. The Bertz CT molecular complexity index is 1530. The van der Waals surface area contributed by atoms with Gasteiger partial charge in [-0.2, -0.15) is 0 Å². The fourth-order valence-electron chi connectivity index (χ4n) is 4.04. The van der Waals surface area contributed by atoms with E-state index in [1.165, 1.54) is 17.2 Å². The summed E-state index contributed by atoms with van der Waals surface area (Å²) >= 11 is 6.77. The van der Waals surface area contributed by atoms with Crippen LogP contribution in [0, 0.1) is 19.7 Å². The van der Waals surface area contributed by atoms with E-state index >= 15 is 0 Å². The van der Waals surface area contributed by atoms with Crippen LogP contribution in [0.1, 0.15) is 36.6 Å². The molecule has 0 saturated heterocycles. The van der Waals surface area contributed by atoms with Gasteiger partial charge in [-0.25, -0.2) is 9.37 Å². The van der Waals surface area contributed by atoms with Crippen LogP contribution in [-0.4, -0.2) is 19.7 Å². The predicted octanol–water partition coefficient (Wildman–Crippen LogP) is 8.61. The van der Waals surface area contributed by atoms with Crippen molar-refractivity contribution < 1.29 is 4.39 Å². The van der Waals surface area contributed by atoms with Crippen LogP contribution in [0.5, 0.6) is 0 Å². The zero-order chi connectivity index (χ0) is 24.7. The number of pyridine rings is 1. The summed E-state index contributed by atoms with van der Waals surface area (Å²) in [6, 6.07) is 15.5. The van der Waals surface area contributed by atoms with E-state index in [2.05, 4.69) is 88.0 Å². The monoisotopic (exact) mass is 566 g/mol. The first-order valence-electron chi connectivity index (χ1n) is 11.3. The van der Waals surface area contributed by atoms with Gasteiger partial charge in [-0.1, -0.05) is 33.8 Å². The maximum Gasteiger partial charge on any atom is 0.192 e. The van der Waals surface area contributed by atoms with Crippen LogP contribution >= 0.6 is 39.0 Å². The molecule has 0 N–H and O–H groups in total. The number of hydrogen-bond donors (Lipinski definition) is 0. The van der Waals surface area contributed by atoms with E-state index in [1.807, 2.05) is 6.07 Å². The number of hydrogen-bond acceptors (Lipinski definition) is 5. The van der Waals surface area contributed by atoms with E-state index in [9.17, 15) is 4.39 Å². The molecule has 0 fully saturated rings. The van der Waals surface area contributed by atoms with Gasteiger partial charge in [0.1, 0.15) is 5.82 Å². The molecule has 5 aromatic rings. The van der Waals surface area contributed by atoms with Crippen molar-refractivity contribution in [3.63, 3.8) is 0 Å². The van der Waals surface area contributed by atoms with Crippen LogP contribution in [0.15, 0.2) is 63.5 Å². The van der Waals surface area contributed by atoms with Crippen molar-refractivity contribution >= 4 is 49.9 Å². The van der Waals surface area contributed by atoms with Crippen molar-refractivity contribution in [2.75, 3.05) is 0 Å². The first kappa shape index (κ1) is 24.2. The average molecular weight is 568 g/mol. The summed E-state index contributed by atoms with van der Waals surface area (Å²) in [5.41, 5.74) is 6.20. The topological polar surface area (TPSA) is 43.6 Å². The van der Waals surface area contributed by atoms with Crippen molar-refractivity contribution in [2.24, 2.45) is 0 Å². The van der Waals surface area contributed by atoms with E-state index in [4.69, 9.17) is 4.98 Å². The zero-order valence-electron chi connectivity index (χ0n) is 19.8. The summed E-state index contributed by atoms with van der Waals surface area (Å²) in [7, 11) is 0. The van der Waals surface area contributed by atoms with E-state index < -0.39 is 0 Å². The number of benzene rings is 2. The molecular weight excluding hydrogens is 543 g/mol. The molecule has 0 unspecified atom stereocenters. The molecule has 0 saturated carbocycles. The Morgan fingerprint density at radius 3 is 2.60 bits per heavy atom. The van der Waals surface area contributed by atoms with Gasteiger partial charge in [-0.3, -0.25) is 4.57 Å². The molecular formula is C27H24BrFN4S2. The molecule has 3 heterocycles. The molecule has 8 heteroatoms. The van der Waals surface area contributed by atoms with Crippen LogP contribution in [0.2, 0.25) is 0 Å². The number of aryl methyl sites for hydroxylation is 2. The molecule has 0 amide bonds. The quantitative estimate of drug-likeness (QED) is 0.193. The van der Waals surface area contributed by atoms with Crippen molar-refractivity contribution in [3.8, 4) is 22.0 Å². The number of halogens is 2. The summed E-state index contributed by atoms with van der Waals surface area (Å²) in [6.07, 6.45) is 0. The minimum absolute atomic E-state index is 0.137. The molecule has 178 valence electrons. The molecule has 0 atom stereocenters. The Labute approximate surface area is 220 Å². The van der Waals surface area contributed by atoms with Gasteiger partial charge in [0.15, 0.2) is 11.0 Å². The number of fused-ring (bicyclic) bond motifs is 1. The molecule has 3 aromatic heterocycles. The molecule has 0 aliphatic rings. The van der Waals surface area contributed by atoms with Gasteiger partial charge < -0.3 is 0 Å². The number of thioether (sulfide) groups is 1. The standard InChI is InChI=1S/C27H24BrFN4S2/c1-15(2)33-26(31-32-27(33)35-14-18-12-19(29)7-8-22(18)28)21-13-24(25-6-5-9-34-25)30-23-11-17(4)16(3)10-20(21)23/h5-13,15H,14H2,1-4H3. The summed E-state index contributed by atoms with van der Waals surface area (Å²) < 4.78 is 16.9. The van der Waals surface area contributed by atoms with Crippen LogP contribution < -0.4 is 0 Å². The van der Waals surface area contributed by atoms with Gasteiger partial charge in [0.05, 0.1) is 16.1 Å². The summed E-state index contributed by atoms with van der Waals surface area (Å²) in [4.78, 5) is 6.11. The Morgan fingerprint density at radius 1 is 1.06 bits per heavy atom. The van der Waals surface area contributed by atoms with Crippen molar-refractivity contribution in [1.82, 2.24) is 19.7 Å². The van der Waals surface area contributed by atoms with Gasteiger partial charge in [-0.05, 0) is 92.2 Å². The van der Waals surface area contributed by atoms with E-state index in [0.29, 0.717) is 5.75 Å². The number of rotatable bonds is 6. The second kappa shape index (κ2) is 9.84. The van der Waals surface area contributed by atoms with Crippen molar-refractivity contribution in [3.05, 3.63) is 80.9 Å². The highest BCUT2D eigenvalue weighted by Crippen LogP contribution is 2.37. The van der Waals surface area contributed by atoms with Gasteiger partial charge in [0.2, 0.25) is 0 Å². The van der Waals surface area contributed by atoms with Crippen LogP contribution in [-0.2, 0) is 5.75 Å². The van der Waals surface area contributed by atoms with Gasteiger partial charge in [0, 0.05) is 27.2 Å². The molecule has 0 bridgehead atoms. The van der Waals surface area contributed by atoms with Gasteiger partial charge in [0.25, 0.3) is 0 Å². The lowest BCUT2D eigenvalue weighted by Crippen LogP contribution is -2.06. The lowest BCUT2D eigenvalue weighted by atomic mass is 10.0. The predicted molar refractivity (Wildman–Crippen MR) is 148 cm³/mol. The molecule has 35 heavy (non-hydrogen) atoms. The maximum absolute atomic E-state index is 13.8. The molecule has 0 aliphatic heterocycles. The summed E-state index contributed by atoms with van der Waals surface area (Å²) in [6.45, 7) is 8.50. The van der Waals surface area contributed by atoms with E-state index in [-0.39, 0.29) is 11.9 Å². The third kappa shape index (κ3) is 4.79. The van der Waals surface area contributed by atoms with E-state index in [0.717, 1.165) is 48.1 Å². The van der Waals surface area contributed by atoms with Crippen LogP contribution in [0.25, 0.3) is 32.9 Å². The highest BCUT2D eigenvalue weighted by molar-refractivity contribution is 9.10. The average Bonchev–Trinajstić information content (AvgIpc) is 3.50. The Hall–Kier alpha value is -2.55. The number of nitrogens with zero attached hydrogens (tertiary/aromatic N) is 4. The van der Waals surface area contributed by atoms with Gasteiger partial charge in [-0.15, -0.1) is 21.5 Å². The largest absolute Gasteiger partial charge is 0.299 e. The minimum atomic E-state index is -0.246. The summed E-state index contributed by atoms with van der Waals surface area (Å²) in [5, 5.41) is 13.2. The molecule has 5 rings (SSSR count).